The van der Waals surface area contributed by atoms with E-state index in [-0.39, 0.29) is 10.5 Å². The Morgan fingerprint density at radius 3 is 2.15 bits per heavy atom. The van der Waals surface area contributed by atoms with Crippen LogP contribution in [0.1, 0.15) is 10.4 Å². The predicted molar refractivity (Wildman–Crippen MR) is 75.3 cm³/mol. The number of sulfonamides is 1. The van der Waals surface area contributed by atoms with Gasteiger partial charge in [0.15, 0.2) is 0 Å². The van der Waals surface area contributed by atoms with Crippen LogP contribution < -0.4 is 5.14 Å². The van der Waals surface area contributed by atoms with Crippen LogP contribution in [0.25, 0.3) is 0 Å². The normalized spacial score (nSPS) is 11.2. The first-order chi connectivity index (χ1) is 9.39. The number of carbonyl (C=O) groups is 1. The Bertz CT molecular complexity index is 756. The van der Waals surface area contributed by atoms with Crippen LogP contribution in [-0.2, 0) is 10.0 Å². The van der Waals surface area contributed by atoms with Gasteiger partial charge in [-0.1, -0.05) is 36.0 Å². The first kappa shape index (κ1) is 14.6. The lowest BCUT2D eigenvalue weighted by atomic mass is 10.2. The molecule has 104 valence electrons. The van der Waals surface area contributed by atoms with Crippen LogP contribution in [0.2, 0.25) is 0 Å². The van der Waals surface area contributed by atoms with Crippen molar-refractivity contribution in [3.05, 3.63) is 54.1 Å². The number of nitrogens with two attached hydrogens (primary N) is 1. The fourth-order valence-electron chi connectivity index (χ4n) is 1.62. The largest absolute Gasteiger partial charge is 0.478 e. The topological polar surface area (TPSA) is 97.5 Å². The van der Waals surface area contributed by atoms with Gasteiger partial charge < -0.3 is 5.11 Å². The van der Waals surface area contributed by atoms with Crippen molar-refractivity contribution >= 4 is 27.8 Å². The molecule has 7 heteroatoms. The van der Waals surface area contributed by atoms with Crippen molar-refractivity contribution in [3.63, 3.8) is 0 Å². The number of primary sulfonamides is 1. The van der Waals surface area contributed by atoms with Crippen LogP contribution in [0, 0.1) is 0 Å². The number of hydrogen-bond acceptors (Lipinski definition) is 4. The first-order valence-corrected chi connectivity index (χ1v) is 7.88. The van der Waals surface area contributed by atoms with Crippen LogP contribution in [-0.4, -0.2) is 19.5 Å². The lowest BCUT2D eigenvalue weighted by molar-refractivity contribution is 0.0693. The van der Waals surface area contributed by atoms with E-state index < -0.39 is 16.0 Å². The van der Waals surface area contributed by atoms with E-state index >= 15 is 0 Å². The molecule has 0 aliphatic heterocycles. The molecule has 0 fully saturated rings. The van der Waals surface area contributed by atoms with Gasteiger partial charge >= 0.3 is 5.97 Å². The molecule has 0 aliphatic carbocycles. The summed E-state index contributed by atoms with van der Waals surface area (Å²) in [5, 5.41) is 14.3. The Hall–Kier alpha value is -1.83. The molecule has 0 unspecified atom stereocenters. The maximum Gasteiger partial charge on any atom is 0.336 e. The van der Waals surface area contributed by atoms with Gasteiger partial charge in [0.2, 0.25) is 10.0 Å². The summed E-state index contributed by atoms with van der Waals surface area (Å²) in [5.41, 5.74) is 0.113. The fourth-order valence-corrected chi connectivity index (χ4v) is 3.67. The van der Waals surface area contributed by atoms with Gasteiger partial charge in [0, 0.05) is 9.79 Å². The zero-order valence-corrected chi connectivity index (χ0v) is 11.8. The molecule has 2 rings (SSSR count). The molecule has 2 aromatic carbocycles. The third-order valence-corrected chi connectivity index (χ3v) is 4.74. The van der Waals surface area contributed by atoms with Gasteiger partial charge in [-0.15, -0.1) is 0 Å². The quantitative estimate of drug-likeness (QED) is 0.902. The molecule has 20 heavy (non-hydrogen) atoms. The highest BCUT2D eigenvalue weighted by Crippen LogP contribution is 2.34. The average Bonchev–Trinajstić information content (AvgIpc) is 2.38. The fraction of sp³-hybridized carbons (Fsp3) is 0. The van der Waals surface area contributed by atoms with Crippen LogP contribution in [0.4, 0.5) is 0 Å². The molecule has 0 spiro atoms. The monoisotopic (exact) mass is 309 g/mol. The van der Waals surface area contributed by atoms with Gasteiger partial charge in [-0.2, -0.15) is 0 Å². The minimum absolute atomic E-state index is 0.0230. The van der Waals surface area contributed by atoms with Crippen LogP contribution in [0.5, 0.6) is 0 Å². The van der Waals surface area contributed by atoms with Crippen molar-refractivity contribution in [1.82, 2.24) is 0 Å². The Morgan fingerprint density at radius 1 is 1.00 bits per heavy atom. The molecular weight excluding hydrogens is 298 g/mol. The van der Waals surface area contributed by atoms with Gasteiger partial charge in [0.25, 0.3) is 0 Å². The van der Waals surface area contributed by atoms with Crippen molar-refractivity contribution in [2.75, 3.05) is 0 Å². The predicted octanol–water partition coefficient (Wildman–Crippen LogP) is 2.18. The van der Waals surface area contributed by atoms with E-state index in [2.05, 4.69) is 0 Å². The van der Waals surface area contributed by atoms with Crippen molar-refractivity contribution in [2.24, 2.45) is 5.14 Å². The highest BCUT2D eigenvalue weighted by molar-refractivity contribution is 8.00. The summed E-state index contributed by atoms with van der Waals surface area (Å²) in [7, 11) is -3.85. The van der Waals surface area contributed by atoms with E-state index in [1.807, 2.05) is 0 Å². The van der Waals surface area contributed by atoms with Crippen molar-refractivity contribution in [3.8, 4) is 0 Å². The molecule has 0 atom stereocenters. The van der Waals surface area contributed by atoms with Crippen molar-refractivity contribution in [1.29, 1.82) is 0 Å². The zero-order valence-electron chi connectivity index (χ0n) is 10.2. The molecule has 0 radical (unpaired) electrons. The highest BCUT2D eigenvalue weighted by atomic mass is 32.2. The third kappa shape index (κ3) is 3.19. The smallest absolute Gasteiger partial charge is 0.336 e. The second-order valence-corrected chi connectivity index (χ2v) is 6.51. The van der Waals surface area contributed by atoms with E-state index in [1.165, 1.54) is 12.1 Å². The van der Waals surface area contributed by atoms with Gasteiger partial charge in [-0.05, 0) is 24.3 Å². The molecule has 0 amide bonds. The van der Waals surface area contributed by atoms with Gasteiger partial charge in [0.05, 0.1) is 10.5 Å². The summed E-state index contributed by atoms with van der Waals surface area (Å²) < 4.78 is 23.0. The SMILES string of the molecule is NS(=O)(=O)c1ccccc1Sc1ccccc1C(=O)O. The molecule has 3 N–H and O–H groups in total. The molecule has 5 nitrogen and oxygen atoms in total. The number of carboxylic acid groups (broad SMARTS) is 1. The Labute approximate surface area is 120 Å². The van der Waals surface area contributed by atoms with Crippen LogP contribution in [0.3, 0.4) is 0 Å². The van der Waals surface area contributed by atoms with Crippen molar-refractivity contribution < 1.29 is 18.3 Å². The lowest BCUT2D eigenvalue weighted by Crippen LogP contribution is -2.13. The van der Waals surface area contributed by atoms with Crippen molar-refractivity contribution in [2.45, 2.75) is 14.7 Å². The molecule has 0 heterocycles. The minimum atomic E-state index is -3.85. The molecule has 0 saturated heterocycles. The first-order valence-electron chi connectivity index (χ1n) is 5.51. The Balaban J connectivity index is 2.49. The Morgan fingerprint density at radius 2 is 1.55 bits per heavy atom. The molecule has 0 saturated carbocycles. The van der Waals surface area contributed by atoms with E-state index in [9.17, 15) is 13.2 Å². The lowest BCUT2D eigenvalue weighted by Gasteiger charge is -2.09. The van der Waals surface area contributed by atoms with Crippen LogP contribution in [0.15, 0.2) is 63.2 Å². The van der Waals surface area contributed by atoms with Gasteiger partial charge in [0.1, 0.15) is 0 Å². The Kier molecular flexibility index (Phi) is 4.12. The molecule has 0 aromatic heterocycles. The summed E-state index contributed by atoms with van der Waals surface area (Å²) in [6, 6.07) is 12.6. The van der Waals surface area contributed by atoms with Crippen LogP contribution >= 0.6 is 11.8 Å². The average molecular weight is 309 g/mol. The number of rotatable bonds is 4. The highest BCUT2D eigenvalue weighted by Gasteiger charge is 2.16. The van der Waals surface area contributed by atoms with E-state index in [4.69, 9.17) is 10.2 Å². The summed E-state index contributed by atoms with van der Waals surface area (Å²) >= 11 is 1.06. The number of hydrogen-bond donors (Lipinski definition) is 2. The molecule has 0 bridgehead atoms. The second-order valence-electron chi connectivity index (χ2n) is 3.90. The maximum atomic E-state index is 11.5. The number of aromatic carboxylic acids is 1. The van der Waals surface area contributed by atoms with E-state index in [0.29, 0.717) is 9.79 Å². The summed E-state index contributed by atoms with van der Waals surface area (Å²) in [6.07, 6.45) is 0. The number of benzene rings is 2. The zero-order chi connectivity index (χ0) is 14.8. The summed E-state index contributed by atoms with van der Waals surface area (Å²) in [5.74, 6) is -1.07. The standard InChI is InChI=1S/C13H11NO4S2/c14-20(17,18)12-8-4-3-7-11(12)19-10-6-2-1-5-9(10)13(15)16/h1-8H,(H,15,16)(H2,14,17,18). The molecule has 2 aromatic rings. The van der Waals surface area contributed by atoms with Gasteiger partial charge in [-0.25, -0.2) is 18.4 Å². The summed E-state index contributed by atoms with van der Waals surface area (Å²) in [6.45, 7) is 0. The summed E-state index contributed by atoms with van der Waals surface area (Å²) in [4.78, 5) is 12.0. The molecular formula is C13H11NO4S2. The maximum absolute atomic E-state index is 11.5. The number of carboxylic acids is 1. The second kappa shape index (κ2) is 5.66. The van der Waals surface area contributed by atoms with E-state index in [1.54, 1.807) is 36.4 Å². The van der Waals surface area contributed by atoms with Gasteiger partial charge in [-0.3, -0.25) is 0 Å². The van der Waals surface area contributed by atoms with E-state index in [0.717, 1.165) is 11.8 Å². The minimum Gasteiger partial charge on any atom is -0.478 e. The molecule has 0 aliphatic rings. The third-order valence-electron chi connectivity index (χ3n) is 2.49.